The van der Waals surface area contributed by atoms with Crippen LogP contribution in [-0.2, 0) is 0 Å². The van der Waals surface area contributed by atoms with Crippen LogP contribution in [0.25, 0.3) is 0 Å². The zero-order chi connectivity index (χ0) is 19.4. The van der Waals surface area contributed by atoms with Crippen molar-refractivity contribution in [3.8, 4) is 0 Å². The molecule has 27 heavy (non-hydrogen) atoms. The Balaban J connectivity index is 1.72. The molecule has 6 heteroatoms. The molecule has 1 saturated heterocycles. The summed E-state index contributed by atoms with van der Waals surface area (Å²) in [7, 11) is 0. The summed E-state index contributed by atoms with van der Waals surface area (Å²) in [6.07, 6.45) is 3.85. The Kier molecular flexibility index (Phi) is 5.63. The van der Waals surface area contributed by atoms with Crippen LogP contribution >= 0.6 is 0 Å². The van der Waals surface area contributed by atoms with Crippen LogP contribution in [0.2, 0.25) is 0 Å². The minimum absolute atomic E-state index is 0.198. The van der Waals surface area contributed by atoms with Gasteiger partial charge in [-0.3, -0.25) is 4.79 Å². The minimum atomic E-state index is -0.312. The maximum Gasteiger partial charge on any atom is 0.270 e. The molecule has 0 saturated carbocycles. The molecular weight excluding hydrogens is 338 g/mol. The topological polar surface area (TPSA) is 70.2 Å². The lowest BCUT2D eigenvalue weighted by Crippen LogP contribution is -2.41. The van der Waals surface area contributed by atoms with E-state index in [1.807, 2.05) is 20.8 Å². The van der Waals surface area contributed by atoms with E-state index in [0.717, 1.165) is 18.8 Å². The molecule has 1 aromatic heterocycles. The predicted molar refractivity (Wildman–Crippen MR) is 110 cm³/mol. The number of aryl methyl sites for hydroxylation is 1. The first-order valence-corrected chi connectivity index (χ1v) is 9.60. The smallest absolute Gasteiger partial charge is 0.270 e. The lowest BCUT2D eigenvalue weighted by atomic mass is 10.1. The molecule has 2 aromatic rings. The Morgan fingerprint density at radius 1 is 1.04 bits per heavy atom. The highest BCUT2D eigenvalue weighted by Crippen LogP contribution is 2.23. The normalized spacial score (nSPS) is 14.7. The van der Waals surface area contributed by atoms with Gasteiger partial charge in [-0.1, -0.05) is 0 Å². The van der Waals surface area contributed by atoms with Gasteiger partial charge in [-0.25, -0.2) is 9.97 Å². The fourth-order valence-corrected chi connectivity index (χ4v) is 3.21. The van der Waals surface area contributed by atoms with Crippen LogP contribution in [0.4, 0.5) is 17.2 Å². The lowest BCUT2D eigenvalue weighted by Gasteiger charge is -2.28. The summed E-state index contributed by atoms with van der Waals surface area (Å²) in [6, 6.07) is 10.1. The van der Waals surface area contributed by atoms with Gasteiger partial charge in [0, 0.05) is 36.1 Å². The average molecular weight is 367 g/mol. The Hall–Kier alpha value is -2.63. The van der Waals surface area contributed by atoms with E-state index in [1.54, 1.807) is 13.0 Å². The van der Waals surface area contributed by atoms with Gasteiger partial charge in [-0.2, -0.15) is 0 Å². The Morgan fingerprint density at radius 3 is 2.33 bits per heavy atom. The van der Waals surface area contributed by atoms with Gasteiger partial charge in [-0.05, 0) is 71.2 Å². The molecule has 1 fully saturated rings. The van der Waals surface area contributed by atoms with E-state index >= 15 is 0 Å². The van der Waals surface area contributed by atoms with Gasteiger partial charge in [0.2, 0.25) is 0 Å². The predicted octanol–water partition coefficient (Wildman–Crippen LogP) is 4.05. The standard InChI is InChI=1S/C21H29N5O/c1-15-22-18(20(27)25-21(2,3)4)14-19(23-15)24-16-8-10-17(11-9-16)26-12-6-5-7-13-26/h8-11,14H,5-7,12-13H2,1-4H3,(H,25,27)(H,22,23,24). The van der Waals surface area contributed by atoms with Gasteiger partial charge < -0.3 is 15.5 Å². The molecule has 0 radical (unpaired) electrons. The van der Waals surface area contributed by atoms with Crippen molar-refractivity contribution in [2.75, 3.05) is 23.3 Å². The number of nitrogens with zero attached hydrogens (tertiary/aromatic N) is 3. The Morgan fingerprint density at radius 2 is 1.70 bits per heavy atom. The summed E-state index contributed by atoms with van der Waals surface area (Å²) >= 11 is 0. The Bertz CT molecular complexity index is 789. The number of rotatable bonds is 4. The SMILES string of the molecule is Cc1nc(Nc2ccc(N3CCCCC3)cc2)cc(C(=O)NC(C)(C)C)n1. The maximum absolute atomic E-state index is 12.4. The third kappa shape index (κ3) is 5.42. The van der Waals surface area contributed by atoms with Gasteiger partial charge in [0.05, 0.1) is 0 Å². The number of anilines is 3. The van der Waals surface area contributed by atoms with Crippen molar-refractivity contribution < 1.29 is 4.79 Å². The summed E-state index contributed by atoms with van der Waals surface area (Å²) in [6.45, 7) is 9.89. The number of carbonyl (C=O) groups is 1. The molecule has 2 heterocycles. The molecule has 0 aliphatic carbocycles. The van der Waals surface area contributed by atoms with Crippen molar-refractivity contribution in [3.63, 3.8) is 0 Å². The van der Waals surface area contributed by atoms with Crippen molar-refractivity contribution in [2.45, 2.75) is 52.5 Å². The van der Waals surface area contributed by atoms with Crippen LogP contribution in [-0.4, -0.2) is 34.5 Å². The number of nitrogens with one attached hydrogen (secondary N) is 2. The molecule has 0 spiro atoms. The highest BCUT2D eigenvalue weighted by molar-refractivity contribution is 5.93. The molecule has 6 nitrogen and oxygen atoms in total. The number of hydrogen-bond acceptors (Lipinski definition) is 5. The number of hydrogen-bond donors (Lipinski definition) is 2. The fourth-order valence-electron chi connectivity index (χ4n) is 3.21. The highest BCUT2D eigenvalue weighted by atomic mass is 16.2. The van der Waals surface area contributed by atoms with Gasteiger partial charge in [0.25, 0.3) is 5.91 Å². The van der Waals surface area contributed by atoms with Crippen LogP contribution in [0, 0.1) is 6.92 Å². The summed E-state index contributed by atoms with van der Waals surface area (Å²) in [5.41, 5.74) is 2.25. The first-order chi connectivity index (χ1) is 12.8. The summed E-state index contributed by atoms with van der Waals surface area (Å²) < 4.78 is 0. The summed E-state index contributed by atoms with van der Waals surface area (Å²) in [5.74, 6) is 0.979. The second-order valence-electron chi connectivity index (χ2n) is 8.11. The van der Waals surface area contributed by atoms with E-state index in [1.165, 1.54) is 24.9 Å². The van der Waals surface area contributed by atoms with E-state index in [2.05, 4.69) is 49.8 Å². The molecule has 0 bridgehead atoms. The van der Waals surface area contributed by atoms with Gasteiger partial charge in [0.1, 0.15) is 17.3 Å². The molecule has 1 aliphatic heterocycles. The van der Waals surface area contributed by atoms with Crippen LogP contribution in [0.5, 0.6) is 0 Å². The van der Waals surface area contributed by atoms with Gasteiger partial charge in [-0.15, -0.1) is 0 Å². The molecule has 3 rings (SSSR count). The third-order valence-electron chi connectivity index (χ3n) is 4.42. The quantitative estimate of drug-likeness (QED) is 0.853. The van der Waals surface area contributed by atoms with Crippen molar-refractivity contribution >= 4 is 23.1 Å². The van der Waals surface area contributed by atoms with Crippen molar-refractivity contribution in [1.82, 2.24) is 15.3 Å². The first kappa shape index (κ1) is 19.1. The van der Waals surface area contributed by atoms with Crippen LogP contribution in [0.3, 0.4) is 0 Å². The Labute approximate surface area is 161 Å². The van der Waals surface area contributed by atoms with Crippen LogP contribution in [0.1, 0.15) is 56.3 Å². The van der Waals surface area contributed by atoms with E-state index in [0.29, 0.717) is 17.3 Å². The van der Waals surface area contributed by atoms with E-state index in [9.17, 15) is 4.79 Å². The molecule has 0 atom stereocenters. The largest absolute Gasteiger partial charge is 0.372 e. The molecule has 2 N–H and O–H groups in total. The number of piperidine rings is 1. The second-order valence-corrected chi connectivity index (χ2v) is 8.11. The summed E-state index contributed by atoms with van der Waals surface area (Å²) in [5, 5.41) is 6.22. The van der Waals surface area contributed by atoms with Crippen LogP contribution < -0.4 is 15.5 Å². The van der Waals surface area contributed by atoms with Crippen molar-refractivity contribution in [2.24, 2.45) is 0 Å². The zero-order valence-electron chi connectivity index (χ0n) is 16.7. The van der Waals surface area contributed by atoms with Crippen molar-refractivity contribution in [3.05, 3.63) is 41.9 Å². The molecule has 0 unspecified atom stereocenters. The van der Waals surface area contributed by atoms with E-state index in [-0.39, 0.29) is 11.4 Å². The first-order valence-electron chi connectivity index (χ1n) is 9.60. The molecule has 1 aliphatic rings. The zero-order valence-corrected chi connectivity index (χ0v) is 16.7. The van der Waals surface area contributed by atoms with Gasteiger partial charge >= 0.3 is 0 Å². The molecule has 144 valence electrons. The monoisotopic (exact) mass is 367 g/mol. The van der Waals surface area contributed by atoms with Crippen molar-refractivity contribution in [1.29, 1.82) is 0 Å². The lowest BCUT2D eigenvalue weighted by molar-refractivity contribution is 0.0914. The van der Waals surface area contributed by atoms with E-state index < -0.39 is 0 Å². The number of benzene rings is 1. The number of amides is 1. The number of carbonyl (C=O) groups excluding carboxylic acids is 1. The van der Waals surface area contributed by atoms with E-state index in [4.69, 9.17) is 0 Å². The average Bonchev–Trinajstić information content (AvgIpc) is 2.61. The fraction of sp³-hybridized carbons (Fsp3) is 0.476. The molecule has 1 aromatic carbocycles. The highest BCUT2D eigenvalue weighted by Gasteiger charge is 2.17. The van der Waals surface area contributed by atoms with Crippen LogP contribution in [0.15, 0.2) is 30.3 Å². The third-order valence-corrected chi connectivity index (χ3v) is 4.42. The second kappa shape index (κ2) is 7.94. The maximum atomic E-state index is 12.4. The van der Waals surface area contributed by atoms with Gasteiger partial charge in [0.15, 0.2) is 0 Å². The number of aromatic nitrogens is 2. The minimum Gasteiger partial charge on any atom is -0.372 e. The molecule has 1 amide bonds. The summed E-state index contributed by atoms with van der Waals surface area (Å²) in [4.78, 5) is 23.5. The molecular formula is C21H29N5O.